The van der Waals surface area contributed by atoms with Crippen LogP contribution in [-0.4, -0.2) is 0 Å². The van der Waals surface area contributed by atoms with Crippen LogP contribution in [0.4, 0.5) is 13.2 Å². The Balaban J connectivity index is 3.29. The standard InChI is InChI=1S/C21H2F3N7/c22-19-16(8-30)17(9-31)20(23)21(24)18(19)15(7-29)14-2-10(3-25)13(1-11(14)4-26)12(5-27)6-28/h1-2H/b15-14+. The first kappa shape index (κ1) is 21.7. The van der Waals surface area contributed by atoms with Gasteiger partial charge >= 0.3 is 0 Å². The van der Waals surface area contributed by atoms with Crippen LogP contribution in [0.1, 0.15) is 27.8 Å². The normalized spacial score (nSPS) is 10.1. The van der Waals surface area contributed by atoms with Gasteiger partial charge in [0, 0.05) is 10.4 Å². The second-order valence-corrected chi connectivity index (χ2v) is 5.54. The predicted molar refractivity (Wildman–Crippen MR) is 93.6 cm³/mol. The first-order valence-electron chi connectivity index (χ1n) is 7.79. The highest BCUT2D eigenvalue weighted by molar-refractivity contribution is 5.81. The summed E-state index contributed by atoms with van der Waals surface area (Å²) in [5, 5.41) is 63.5. The van der Waals surface area contributed by atoms with Gasteiger partial charge in [0.2, 0.25) is 0 Å². The molecule has 0 bridgehead atoms. The number of nitriles is 7. The van der Waals surface area contributed by atoms with Crippen molar-refractivity contribution in [3.63, 3.8) is 0 Å². The third kappa shape index (κ3) is 3.36. The van der Waals surface area contributed by atoms with Crippen LogP contribution in [0.25, 0.3) is 11.1 Å². The van der Waals surface area contributed by atoms with Gasteiger partial charge in [-0.25, -0.2) is 13.2 Å². The molecule has 10 heteroatoms. The van der Waals surface area contributed by atoms with E-state index in [-0.39, 0.29) is 10.8 Å². The highest BCUT2D eigenvalue weighted by Gasteiger charge is 2.28. The van der Waals surface area contributed by atoms with E-state index >= 15 is 0 Å². The summed E-state index contributed by atoms with van der Waals surface area (Å²) < 4.78 is 43.7. The molecule has 0 amide bonds. The van der Waals surface area contributed by atoms with Gasteiger partial charge in [-0.2, -0.15) is 36.8 Å². The van der Waals surface area contributed by atoms with E-state index < -0.39 is 56.1 Å². The molecule has 0 fully saturated rings. The molecule has 0 N–H and O–H groups in total. The molecule has 31 heavy (non-hydrogen) atoms. The van der Waals surface area contributed by atoms with Gasteiger partial charge in [0.15, 0.2) is 17.5 Å². The summed E-state index contributed by atoms with van der Waals surface area (Å²) in [7, 11) is 0. The van der Waals surface area contributed by atoms with Crippen molar-refractivity contribution in [2.24, 2.45) is 0 Å². The van der Waals surface area contributed by atoms with Crippen molar-refractivity contribution in [1.82, 2.24) is 0 Å². The molecule has 0 aromatic heterocycles. The molecular formula is C21H2F3N7. The maximum atomic E-state index is 14.8. The van der Waals surface area contributed by atoms with Gasteiger partial charge in [0.1, 0.15) is 47.0 Å². The third-order valence-electron chi connectivity index (χ3n) is 4.07. The summed E-state index contributed by atoms with van der Waals surface area (Å²) in [6.07, 6.45) is 0. The zero-order valence-corrected chi connectivity index (χ0v) is 14.9. The van der Waals surface area contributed by atoms with Gasteiger partial charge in [-0.15, -0.1) is 0 Å². The van der Waals surface area contributed by atoms with Gasteiger partial charge in [-0.05, 0) is 12.1 Å². The smallest absolute Gasteiger partial charge is 0.178 e. The van der Waals surface area contributed by atoms with Gasteiger partial charge in [-0.3, -0.25) is 0 Å². The van der Waals surface area contributed by atoms with E-state index in [0.717, 1.165) is 18.2 Å². The molecule has 2 aromatic rings. The van der Waals surface area contributed by atoms with E-state index in [1.165, 1.54) is 24.3 Å². The molecule has 0 radical (unpaired) electrons. The van der Waals surface area contributed by atoms with Crippen molar-refractivity contribution in [2.75, 3.05) is 0 Å². The van der Waals surface area contributed by atoms with Crippen LogP contribution in [0.2, 0.25) is 0 Å². The molecule has 0 atom stereocenters. The van der Waals surface area contributed by atoms with Crippen LogP contribution in [0, 0.1) is 96.8 Å². The van der Waals surface area contributed by atoms with Crippen molar-refractivity contribution in [3.05, 3.63) is 67.8 Å². The monoisotopic (exact) mass is 409 g/mol. The van der Waals surface area contributed by atoms with Crippen LogP contribution in [0.15, 0.2) is 12.1 Å². The molecule has 7 nitrogen and oxygen atoms in total. The minimum atomic E-state index is -1.95. The number of benzene rings is 2. The summed E-state index contributed by atoms with van der Waals surface area (Å²) in [6, 6.07) is 11.8. The van der Waals surface area contributed by atoms with Gasteiger partial charge in [-0.1, -0.05) is 0 Å². The minimum Gasteiger partial charge on any atom is -0.205 e. The second-order valence-electron chi connectivity index (χ2n) is 5.54. The first-order valence-corrected chi connectivity index (χ1v) is 7.79. The van der Waals surface area contributed by atoms with Gasteiger partial charge in [0.25, 0.3) is 0 Å². The van der Waals surface area contributed by atoms with Gasteiger partial charge < -0.3 is 0 Å². The number of hydrogen-bond donors (Lipinski definition) is 0. The van der Waals surface area contributed by atoms with E-state index in [1.807, 2.05) is 0 Å². The van der Waals surface area contributed by atoms with E-state index in [0.29, 0.717) is 0 Å². The quantitative estimate of drug-likeness (QED) is 0.643. The fraction of sp³-hybridized carbons (Fsp3) is 0. The predicted octanol–water partition coefficient (Wildman–Crippen LogP) is 1.51. The fourth-order valence-corrected chi connectivity index (χ4v) is 2.68. The van der Waals surface area contributed by atoms with Crippen molar-refractivity contribution >= 4 is 11.1 Å². The van der Waals surface area contributed by atoms with Crippen molar-refractivity contribution in [2.45, 2.75) is 0 Å². The first-order chi connectivity index (χ1) is 14.8. The Morgan fingerprint density at radius 1 is 0.581 bits per heavy atom. The van der Waals surface area contributed by atoms with Crippen molar-refractivity contribution in [3.8, 4) is 42.5 Å². The molecule has 2 rings (SSSR count). The zero-order chi connectivity index (χ0) is 23.3. The summed E-state index contributed by atoms with van der Waals surface area (Å²) >= 11 is 0. The highest BCUT2D eigenvalue weighted by atomic mass is 19.2. The maximum Gasteiger partial charge on any atom is 0.178 e. The van der Waals surface area contributed by atoms with Crippen molar-refractivity contribution < 1.29 is 13.2 Å². The summed E-state index contributed by atoms with van der Waals surface area (Å²) in [4.78, 5) is 0. The molecule has 0 spiro atoms. The van der Waals surface area contributed by atoms with Crippen molar-refractivity contribution in [1.29, 1.82) is 36.8 Å². The molecule has 142 valence electrons. The number of nitrogens with zero attached hydrogens (tertiary/aromatic N) is 7. The van der Waals surface area contributed by atoms with E-state index in [1.54, 1.807) is 12.1 Å². The van der Waals surface area contributed by atoms with Crippen LogP contribution < -0.4 is 10.4 Å². The lowest BCUT2D eigenvalue weighted by Crippen LogP contribution is -2.22. The van der Waals surface area contributed by atoms with Crippen LogP contribution in [0.3, 0.4) is 0 Å². The number of hydrogen-bond acceptors (Lipinski definition) is 7. The van der Waals surface area contributed by atoms with Gasteiger partial charge in [0.05, 0.1) is 34.4 Å². The molecule has 0 aliphatic carbocycles. The van der Waals surface area contributed by atoms with Crippen LogP contribution in [0.5, 0.6) is 0 Å². The lowest BCUT2D eigenvalue weighted by atomic mass is 9.94. The summed E-state index contributed by atoms with van der Waals surface area (Å²) in [6.45, 7) is 0. The average molecular weight is 409 g/mol. The largest absolute Gasteiger partial charge is 0.205 e. The fourth-order valence-electron chi connectivity index (χ4n) is 2.68. The Morgan fingerprint density at radius 2 is 1.06 bits per heavy atom. The van der Waals surface area contributed by atoms with E-state index in [9.17, 15) is 29.0 Å². The third-order valence-corrected chi connectivity index (χ3v) is 4.07. The van der Waals surface area contributed by atoms with E-state index in [2.05, 4.69) is 0 Å². The molecule has 0 saturated heterocycles. The minimum absolute atomic E-state index is 0.255. The molecule has 0 unspecified atom stereocenters. The SMILES string of the molecule is N#CC(C#N)=c1cc(C#N)/c(=C(\C#N)c2c(F)c(F)c(C#N)c(C#N)c2F)cc1C#N. The Morgan fingerprint density at radius 3 is 1.52 bits per heavy atom. The molecule has 0 saturated carbocycles. The van der Waals surface area contributed by atoms with E-state index in [4.69, 9.17) is 21.0 Å². The van der Waals surface area contributed by atoms with Crippen LogP contribution >= 0.6 is 0 Å². The highest BCUT2D eigenvalue weighted by Crippen LogP contribution is 2.28. The molecular weight excluding hydrogens is 407 g/mol. The Hall–Kier alpha value is -5.60. The number of halogens is 3. The molecule has 2 aromatic carbocycles. The zero-order valence-electron chi connectivity index (χ0n) is 14.9. The second kappa shape index (κ2) is 8.61. The maximum absolute atomic E-state index is 14.8. The Kier molecular flexibility index (Phi) is 6.02. The molecule has 0 heterocycles. The summed E-state index contributed by atoms with van der Waals surface area (Å²) in [5.41, 5.74) is -5.98. The van der Waals surface area contributed by atoms with Crippen LogP contribution in [-0.2, 0) is 0 Å². The topological polar surface area (TPSA) is 167 Å². The lowest BCUT2D eigenvalue weighted by molar-refractivity contribution is 0.488. The lowest BCUT2D eigenvalue weighted by Gasteiger charge is -2.09. The summed E-state index contributed by atoms with van der Waals surface area (Å²) in [5.74, 6) is -5.52. The Bertz CT molecular complexity index is 1570. The average Bonchev–Trinajstić information content (AvgIpc) is 2.79. The molecule has 0 aliphatic heterocycles. The Labute approximate surface area is 172 Å². The number of rotatable bonds is 1. The molecule has 0 aliphatic rings.